The Bertz CT molecular complexity index is 570. The van der Waals surface area contributed by atoms with Crippen LogP contribution in [-0.2, 0) is 6.54 Å². The number of thiazole rings is 1. The fourth-order valence-corrected chi connectivity index (χ4v) is 3.32. The average Bonchev–Trinajstić information content (AvgIpc) is 2.92. The summed E-state index contributed by atoms with van der Waals surface area (Å²) in [5.41, 5.74) is 1.18. The predicted octanol–water partition coefficient (Wildman–Crippen LogP) is 2.21. The summed E-state index contributed by atoms with van der Waals surface area (Å²) in [6.07, 6.45) is 5.85. The molecule has 0 aliphatic carbocycles. The number of aromatic amines is 1. The molecule has 0 saturated carbocycles. The van der Waals surface area contributed by atoms with Crippen molar-refractivity contribution in [3.63, 3.8) is 0 Å². The SMILES string of the molecule is O=c1cc(C2CCN(Cc3nccs3)CC2)cc[nH]1. The first-order chi connectivity index (χ1) is 9.31. The Hall–Kier alpha value is -1.46. The topological polar surface area (TPSA) is 49.0 Å². The first-order valence-electron chi connectivity index (χ1n) is 6.60. The van der Waals surface area contributed by atoms with Gasteiger partial charge in [-0.2, -0.15) is 0 Å². The zero-order chi connectivity index (χ0) is 13.1. The minimum absolute atomic E-state index is 0.00251. The Morgan fingerprint density at radius 3 is 2.95 bits per heavy atom. The molecule has 5 heteroatoms. The number of rotatable bonds is 3. The van der Waals surface area contributed by atoms with Crippen LogP contribution in [0, 0.1) is 0 Å². The molecular formula is C14H17N3OS. The summed E-state index contributed by atoms with van der Waals surface area (Å²) in [6.45, 7) is 3.12. The van der Waals surface area contributed by atoms with E-state index in [0.29, 0.717) is 5.92 Å². The van der Waals surface area contributed by atoms with Crippen LogP contribution in [0.1, 0.15) is 29.3 Å². The van der Waals surface area contributed by atoms with Gasteiger partial charge in [0.05, 0.1) is 6.54 Å². The molecule has 3 heterocycles. The van der Waals surface area contributed by atoms with Crippen LogP contribution < -0.4 is 5.56 Å². The lowest BCUT2D eigenvalue weighted by Crippen LogP contribution is -2.32. The Kier molecular flexibility index (Phi) is 3.75. The zero-order valence-electron chi connectivity index (χ0n) is 10.7. The fourth-order valence-electron chi connectivity index (χ4n) is 2.66. The molecular weight excluding hydrogens is 258 g/mol. The van der Waals surface area contributed by atoms with E-state index in [0.717, 1.165) is 32.5 Å². The summed E-state index contributed by atoms with van der Waals surface area (Å²) in [4.78, 5) is 20.8. The molecule has 2 aromatic heterocycles. The van der Waals surface area contributed by atoms with Gasteiger partial charge in [-0.3, -0.25) is 9.69 Å². The molecule has 4 nitrogen and oxygen atoms in total. The minimum Gasteiger partial charge on any atom is -0.329 e. The van der Waals surface area contributed by atoms with Gasteiger partial charge in [0.2, 0.25) is 5.56 Å². The third-order valence-corrected chi connectivity index (χ3v) is 4.46. The number of nitrogens with one attached hydrogen (secondary N) is 1. The number of H-pyrrole nitrogens is 1. The molecule has 0 atom stereocenters. The van der Waals surface area contributed by atoms with Crippen LogP contribution in [0.15, 0.2) is 34.7 Å². The van der Waals surface area contributed by atoms with Gasteiger partial charge in [-0.25, -0.2) is 4.98 Å². The molecule has 1 aliphatic heterocycles. The summed E-state index contributed by atoms with van der Waals surface area (Å²) in [5, 5.41) is 3.22. The van der Waals surface area contributed by atoms with Gasteiger partial charge in [0, 0.05) is 23.8 Å². The summed E-state index contributed by atoms with van der Waals surface area (Å²) in [6, 6.07) is 3.77. The van der Waals surface area contributed by atoms with E-state index in [9.17, 15) is 4.79 Å². The number of piperidine rings is 1. The highest BCUT2D eigenvalue weighted by Crippen LogP contribution is 2.27. The van der Waals surface area contributed by atoms with E-state index >= 15 is 0 Å². The Morgan fingerprint density at radius 1 is 1.42 bits per heavy atom. The Balaban J connectivity index is 1.59. The molecule has 0 radical (unpaired) electrons. The summed E-state index contributed by atoms with van der Waals surface area (Å²) >= 11 is 1.72. The average molecular weight is 275 g/mol. The number of pyridine rings is 1. The highest BCUT2D eigenvalue weighted by molar-refractivity contribution is 7.09. The van der Waals surface area contributed by atoms with Crippen LogP contribution in [0.5, 0.6) is 0 Å². The lowest BCUT2D eigenvalue weighted by Gasteiger charge is -2.31. The number of nitrogens with zero attached hydrogens (tertiary/aromatic N) is 2. The third-order valence-electron chi connectivity index (χ3n) is 3.70. The predicted molar refractivity (Wildman–Crippen MR) is 76.4 cm³/mol. The molecule has 3 rings (SSSR count). The lowest BCUT2D eigenvalue weighted by molar-refractivity contribution is 0.204. The maximum absolute atomic E-state index is 11.3. The molecule has 19 heavy (non-hydrogen) atoms. The van der Waals surface area contributed by atoms with Crippen molar-refractivity contribution in [2.24, 2.45) is 0 Å². The van der Waals surface area contributed by atoms with Gasteiger partial charge >= 0.3 is 0 Å². The molecule has 0 unspecified atom stereocenters. The van der Waals surface area contributed by atoms with Gasteiger partial charge in [-0.05, 0) is 43.5 Å². The quantitative estimate of drug-likeness (QED) is 0.934. The Labute approximate surface area is 116 Å². The lowest BCUT2D eigenvalue weighted by atomic mass is 9.90. The van der Waals surface area contributed by atoms with E-state index < -0.39 is 0 Å². The van der Waals surface area contributed by atoms with Gasteiger partial charge < -0.3 is 4.98 Å². The molecule has 0 spiro atoms. The van der Waals surface area contributed by atoms with E-state index in [4.69, 9.17) is 0 Å². The van der Waals surface area contributed by atoms with Crippen molar-refractivity contribution in [1.82, 2.24) is 14.9 Å². The first-order valence-corrected chi connectivity index (χ1v) is 7.48. The second-order valence-electron chi connectivity index (χ2n) is 4.96. The number of likely N-dealkylation sites (tertiary alicyclic amines) is 1. The number of hydrogen-bond acceptors (Lipinski definition) is 4. The number of aromatic nitrogens is 2. The molecule has 0 bridgehead atoms. The Morgan fingerprint density at radius 2 is 2.26 bits per heavy atom. The van der Waals surface area contributed by atoms with Crippen molar-refractivity contribution in [3.8, 4) is 0 Å². The van der Waals surface area contributed by atoms with E-state index in [1.165, 1.54) is 10.6 Å². The second kappa shape index (κ2) is 5.67. The molecule has 1 aliphatic rings. The van der Waals surface area contributed by atoms with Gasteiger partial charge in [0.25, 0.3) is 0 Å². The van der Waals surface area contributed by atoms with E-state index in [-0.39, 0.29) is 5.56 Å². The highest BCUT2D eigenvalue weighted by atomic mass is 32.1. The molecule has 100 valence electrons. The first kappa shape index (κ1) is 12.6. The van der Waals surface area contributed by atoms with Gasteiger partial charge in [0.1, 0.15) is 5.01 Å². The van der Waals surface area contributed by atoms with Crippen LogP contribution in [0.25, 0.3) is 0 Å². The smallest absolute Gasteiger partial charge is 0.248 e. The molecule has 1 N–H and O–H groups in total. The maximum atomic E-state index is 11.3. The molecule has 1 saturated heterocycles. The fraction of sp³-hybridized carbons (Fsp3) is 0.429. The summed E-state index contributed by atoms with van der Waals surface area (Å²) in [5.74, 6) is 0.523. The zero-order valence-corrected chi connectivity index (χ0v) is 11.5. The molecule has 1 fully saturated rings. The summed E-state index contributed by atoms with van der Waals surface area (Å²) < 4.78 is 0. The van der Waals surface area contributed by atoms with Gasteiger partial charge in [-0.1, -0.05) is 0 Å². The second-order valence-corrected chi connectivity index (χ2v) is 5.94. The third kappa shape index (κ3) is 3.11. The maximum Gasteiger partial charge on any atom is 0.248 e. The highest BCUT2D eigenvalue weighted by Gasteiger charge is 2.21. The normalized spacial score (nSPS) is 17.7. The van der Waals surface area contributed by atoms with Gasteiger partial charge in [0.15, 0.2) is 0 Å². The van der Waals surface area contributed by atoms with Crippen molar-refractivity contribution >= 4 is 11.3 Å². The standard InChI is InChI=1S/C14H17N3OS/c18-13-9-12(1-4-15-13)11-2-6-17(7-3-11)10-14-16-5-8-19-14/h1,4-5,8-9,11H,2-3,6-7,10H2,(H,15,18). The largest absolute Gasteiger partial charge is 0.329 e. The van der Waals surface area contributed by atoms with Crippen molar-refractivity contribution in [3.05, 3.63) is 50.8 Å². The number of hydrogen-bond donors (Lipinski definition) is 1. The van der Waals surface area contributed by atoms with Crippen LogP contribution in [0.2, 0.25) is 0 Å². The monoisotopic (exact) mass is 275 g/mol. The van der Waals surface area contributed by atoms with Crippen LogP contribution >= 0.6 is 11.3 Å². The van der Waals surface area contributed by atoms with E-state index in [1.807, 2.05) is 17.6 Å². The van der Waals surface area contributed by atoms with Crippen LogP contribution in [-0.4, -0.2) is 28.0 Å². The van der Waals surface area contributed by atoms with Crippen molar-refractivity contribution in [1.29, 1.82) is 0 Å². The molecule has 2 aromatic rings. The molecule has 0 amide bonds. The summed E-state index contributed by atoms with van der Waals surface area (Å²) in [7, 11) is 0. The van der Waals surface area contributed by atoms with Crippen LogP contribution in [0.3, 0.4) is 0 Å². The minimum atomic E-state index is 0.00251. The van der Waals surface area contributed by atoms with Crippen LogP contribution in [0.4, 0.5) is 0 Å². The van der Waals surface area contributed by atoms with E-state index in [1.54, 1.807) is 23.6 Å². The van der Waals surface area contributed by atoms with Crippen molar-refractivity contribution in [2.75, 3.05) is 13.1 Å². The van der Waals surface area contributed by atoms with Gasteiger partial charge in [-0.15, -0.1) is 11.3 Å². The van der Waals surface area contributed by atoms with E-state index in [2.05, 4.69) is 14.9 Å². The molecule has 0 aromatic carbocycles. The van der Waals surface area contributed by atoms with Crippen molar-refractivity contribution in [2.45, 2.75) is 25.3 Å². The van der Waals surface area contributed by atoms with Crippen molar-refractivity contribution < 1.29 is 0 Å².